The molecule has 1 aromatic carbocycles. The van der Waals surface area contributed by atoms with Crippen molar-refractivity contribution in [2.75, 3.05) is 46.1 Å². The Bertz CT molecular complexity index is 5320. The first-order valence-corrected chi connectivity index (χ1v) is 49.6. The zero-order valence-electron chi connectivity index (χ0n) is 86.9. The van der Waals surface area contributed by atoms with Crippen molar-refractivity contribution in [3.05, 3.63) is 82.8 Å². The topological polar surface area (TPSA) is 792 Å². The highest BCUT2D eigenvalue weighted by molar-refractivity contribution is 8.02. The minimum atomic E-state index is -1.79. The number of thioether (sulfide) groups is 1. The predicted octanol–water partition coefficient (Wildman–Crippen LogP) is 12.9. The van der Waals surface area contributed by atoms with Crippen molar-refractivity contribution < 1.29 is 127 Å². The van der Waals surface area contributed by atoms with Crippen LogP contribution in [0.2, 0.25) is 0 Å². The first kappa shape index (κ1) is 126. The molecule has 4 rings (SSSR count). The number of hydrogen-bond donors (Lipinski definition) is 25. The molecule has 3 aliphatic heterocycles. The minimum absolute atomic E-state index is 0.0406. The van der Waals surface area contributed by atoms with Gasteiger partial charge in [-0.05, 0) is 155 Å². The highest BCUT2D eigenvalue weighted by Crippen LogP contribution is 2.29. The Hall–Kier alpha value is -13.8. The number of benzene rings is 1. The lowest BCUT2D eigenvalue weighted by Gasteiger charge is -2.25. The summed E-state index contributed by atoms with van der Waals surface area (Å²) in [6.07, 6.45) is 3.57. The highest BCUT2D eigenvalue weighted by atomic mass is 32.2. The minimum Gasteiger partial charge on any atom is -0.497 e. The molecule has 50 heteroatoms. The van der Waals surface area contributed by atoms with Crippen molar-refractivity contribution >= 4 is 147 Å². The molecule has 0 aliphatic carbocycles. The number of likely N-dealkylation sites (N-methyl/N-ethyl adjacent to an activating group) is 1. The van der Waals surface area contributed by atoms with Gasteiger partial charge >= 0.3 is 0 Å². The highest BCUT2D eigenvalue weighted by Gasteiger charge is 2.40. The van der Waals surface area contributed by atoms with E-state index in [0.717, 1.165) is 11.8 Å². The van der Waals surface area contributed by atoms with E-state index in [1.807, 2.05) is 13.8 Å². The molecule has 0 unspecified atom stereocenters. The maximum atomic E-state index is 14.2. The van der Waals surface area contributed by atoms with Crippen LogP contribution < -0.4 is 0 Å². The van der Waals surface area contributed by atoms with E-state index in [1.165, 1.54) is 81.2 Å². The summed E-state index contributed by atoms with van der Waals surface area (Å²) in [5.41, 5.74) is -0.306. The van der Waals surface area contributed by atoms with Crippen LogP contribution in [0, 0.1) is 40.4 Å². The van der Waals surface area contributed by atoms with E-state index in [4.69, 9.17) is 10.8 Å². The number of likely N-dealkylation sites (tertiary alicyclic amines) is 2. The molecular formula is C97H152N24O25S. The van der Waals surface area contributed by atoms with Gasteiger partial charge in [-0.15, -0.1) is 11.8 Å². The van der Waals surface area contributed by atoms with Crippen molar-refractivity contribution in [3.63, 3.8) is 0 Å². The molecular weight excluding hydrogens is 1930 g/mol. The Morgan fingerprint density at radius 2 is 0.973 bits per heavy atom. The van der Waals surface area contributed by atoms with Gasteiger partial charge in [-0.2, -0.15) is 0 Å². The van der Waals surface area contributed by atoms with Crippen LogP contribution in [0.15, 0.2) is 172 Å². The van der Waals surface area contributed by atoms with Gasteiger partial charge in [0.15, 0.2) is 23.9 Å². The number of hydrogen-bond acceptors (Lipinski definition) is 27. The van der Waals surface area contributed by atoms with Crippen molar-refractivity contribution in [1.82, 2.24) is 14.7 Å². The molecule has 0 saturated carbocycles. The number of amides is 2. The summed E-state index contributed by atoms with van der Waals surface area (Å²) >= 11 is 1.09. The van der Waals surface area contributed by atoms with E-state index in [1.54, 1.807) is 119 Å². The van der Waals surface area contributed by atoms with Crippen LogP contribution in [0.3, 0.4) is 0 Å². The Morgan fingerprint density at radius 3 is 1.48 bits per heavy atom. The summed E-state index contributed by atoms with van der Waals surface area (Å²) in [6, 6.07) is -14.6. The van der Waals surface area contributed by atoms with Gasteiger partial charge in [-0.3, -0.25) is 25.3 Å². The third-order valence-corrected chi connectivity index (χ3v) is 24.6. The van der Waals surface area contributed by atoms with E-state index in [2.05, 4.69) is 94.9 Å². The van der Waals surface area contributed by atoms with Gasteiger partial charge in [0.2, 0.25) is 112 Å². The van der Waals surface area contributed by atoms with E-state index >= 15 is 0 Å². The smallest absolute Gasteiger partial charge is 0.272 e. The first-order chi connectivity index (χ1) is 69.1. The molecule has 0 radical (unpaired) electrons. The van der Waals surface area contributed by atoms with Crippen molar-refractivity contribution in [1.29, 1.82) is 10.8 Å². The summed E-state index contributed by atoms with van der Waals surface area (Å²) in [5, 5.41) is 276. The second kappa shape index (κ2) is 61.6. The number of aliphatic hydroxyl groups excluding tert-OH is 23. The van der Waals surface area contributed by atoms with E-state index in [-0.39, 0.29) is 79.6 Å². The number of nitrogens with zero attached hydrogens (tertiary/aromatic N) is 22. The Morgan fingerprint density at radius 1 is 0.503 bits per heavy atom. The molecule has 1 aromatic rings. The second-order valence-corrected chi connectivity index (χ2v) is 37.8. The van der Waals surface area contributed by atoms with Gasteiger partial charge in [-0.1, -0.05) is 131 Å². The van der Waals surface area contributed by atoms with Crippen LogP contribution in [0.5, 0.6) is 0 Å². The molecule has 2 amide bonds. The lowest BCUT2D eigenvalue weighted by Crippen LogP contribution is -2.43. The van der Waals surface area contributed by atoms with Gasteiger partial charge in [0.1, 0.15) is 108 Å². The first-order valence-electron chi connectivity index (χ1n) is 48.6. The van der Waals surface area contributed by atoms with Gasteiger partial charge < -0.3 is 127 Å². The molecule has 0 spiro atoms. The largest absolute Gasteiger partial charge is 0.497 e. The number of aliphatic imine (C=N–C) groups is 19. The van der Waals surface area contributed by atoms with Gasteiger partial charge in [0, 0.05) is 44.3 Å². The lowest BCUT2D eigenvalue weighted by atomic mass is 9.98. The fourth-order valence-corrected chi connectivity index (χ4v) is 15.1. The number of allylic oxidation sites excluding steroid dienone is 3. The summed E-state index contributed by atoms with van der Waals surface area (Å²) in [4.78, 5) is 112. The van der Waals surface area contributed by atoms with E-state index < -0.39 is 295 Å². The fraction of sp³-hybridized carbons (Fsp3) is 0.619. The summed E-state index contributed by atoms with van der Waals surface area (Å²) in [7, 11) is 3.46. The van der Waals surface area contributed by atoms with E-state index in [0.29, 0.717) is 31.2 Å². The zero-order valence-corrected chi connectivity index (χ0v) is 87.7. The van der Waals surface area contributed by atoms with Crippen LogP contribution in [0.4, 0.5) is 0 Å². The Labute approximate surface area is 859 Å². The van der Waals surface area contributed by atoms with Crippen molar-refractivity contribution in [3.8, 4) is 0 Å². The van der Waals surface area contributed by atoms with Gasteiger partial charge in [0.25, 0.3) is 11.8 Å². The molecule has 3 aliphatic rings. The Balaban J connectivity index is 1.66. The third-order valence-electron chi connectivity index (χ3n) is 23.8. The van der Waals surface area contributed by atoms with Gasteiger partial charge in [0.05, 0.1) is 18.8 Å². The maximum absolute atomic E-state index is 14.2. The molecule has 2 fully saturated rings. The SMILES string of the molecule is C/C=C(\N=C(O)[C@@H](C)N=C(O)[C@H]1CCCN1C(=O)/C(=C/C)N=C(O)[C@H](C)N(C)C)C(=O)N1CCC[C@@H]1C(O)=N[C@H](C(O)=N[C@H](C)C(O)=N[C@H](C)C(O)=N[C@H](CCC(=N)O)C(O)=N[C@@H](Cc1ccccc1)C(O)=N[C@H](C(O)=N[C@@H](C(O)=N[C@H](CCC(=N)O)C(O)=NCC(O)=N[C@@H](CO)C(O)=N/C(=C\C)C(O)=N[C@@H](C(O)=N[C@H]1CS/C=C\N=C(O)[C@H](C(C)C)N=C(O)[C@H](CC(C)C)N=C1O)[C@H](C)CC)[C@H](C)CC)C(C)C)[C@@H](C)O. The number of nitrogens with one attached hydrogen (secondary N) is 2. The molecule has 816 valence electrons. The molecule has 3 heterocycles. The van der Waals surface area contributed by atoms with Crippen LogP contribution in [0.1, 0.15) is 201 Å². The molecule has 49 nitrogen and oxygen atoms in total. The van der Waals surface area contributed by atoms with Crippen LogP contribution in [0.25, 0.3) is 0 Å². The molecule has 0 bridgehead atoms. The average molecular weight is 2090 g/mol. The number of carbonyl (C=O) groups is 2. The maximum Gasteiger partial charge on any atom is 0.272 e. The monoisotopic (exact) mass is 2090 g/mol. The van der Waals surface area contributed by atoms with Gasteiger partial charge in [-0.25, -0.2) is 94.9 Å². The molecule has 20 atom stereocenters. The van der Waals surface area contributed by atoms with Crippen LogP contribution >= 0.6 is 11.8 Å². The predicted molar refractivity (Wildman–Crippen MR) is 578 cm³/mol. The third kappa shape index (κ3) is 39.8. The fourth-order valence-electron chi connectivity index (χ4n) is 14.5. The van der Waals surface area contributed by atoms with E-state index in [9.17, 15) is 127 Å². The molecule has 25 N–H and O–H groups in total. The zero-order chi connectivity index (χ0) is 111. The summed E-state index contributed by atoms with van der Waals surface area (Å²) in [6.45, 7) is 26.7. The standard InChI is InChI=1S/C97H152N24O25S/c1-21-51(12)75(94(143)113-67-47-147-42-39-100-91(140)73(49(8)9)114-85(134)64(43-48(6)7)111-88(67)137)116-83(132)59(23-3)106-87(136)66(46-122)105-72(126)45-101-82(131)62(35-37-70(98)124)110-93(142)76(52(13)22-2)117-92(141)74(50(10)11)115-86(135)65(44-58-31-27-26-28-32-58)112-84(133)63(36-38-71(99)125)109-80(129)54(15)102-78(127)53(14)104-95(144)77(57(18)123)118-90(139)69-34-30-41-121(69)96(145)60(24-4)107-79(128)55(16)103-89(138)68-33-29-40-120(68)97(146)61(25-5)108-81(130)56(17)119(19)20/h23-28,31-32,39,42,48-57,62-69,73-77,122-123H,21-22,29-30,33-38,40-41,43-47H2,1-20H3,(H2,98,124)(H2,99,125)(H,100,140)(H,101,131)(H,102,127)(H,103,138)(H,104,144)(H,105,126)(H,106,136)(H,107,128)(H,108,130)(H,109,129)(H,110,142)(H,111,137)(H,112,133)(H,113,143)(H,114,134)(H,115,135)(H,116,132)(H,117,141)(H,118,139)/b42-39-,59-23-,60-24-,61-25-/t51-,52-,53-,54-,55-,56+,57-,62-,63-,64+,65+,66+,67+,68-,69-,73+,74+,75-,76-,77+/m1/s1. The van der Waals surface area contributed by atoms with Crippen molar-refractivity contribution in [2.24, 2.45) is 124 Å². The molecule has 147 heavy (non-hydrogen) atoms. The summed E-state index contributed by atoms with van der Waals surface area (Å²) < 4.78 is 0. The molecule has 2 saturated heterocycles. The molecule has 0 aromatic heterocycles. The quantitative estimate of drug-likeness (QED) is 0.0164. The lowest BCUT2D eigenvalue weighted by molar-refractivity contribution is -0.127. The van der Waals surface area contributed by atoms with Crippen molar-refractivity contribution in [2.45, 2.75) is 310 Å². The average Bonchev–Trinajstić information content (AvgIpc) is 1.73. The second-order valence-electron chi connectivity index (χ2n) is 36.8. The van der Waals surface area contributed by atoms with Crippen LogP contribution in [-0.2, 0) is 16.0 Å². The van der Waals surface area contributed by atoms with Crippen LogP contribution in [-0.4, -0.2) is 423 Å². The normalized spacial score (nSPS) is 22.4. The number of carbonyl (C=O) groups excluding carboxylic acids is 2. The number of aliphatic hydroxyl groups is 23. The summed E-state index contributed by atoms with van der Waals surface area (Å²) in [5.74, 6) is -19.8. The number of rotatable bonds is 53. The Kier molecular flexibility index (Phi) is 52.6.